The summed E-state index contributed by atoms with van der Waals surface area (Å²) >= 11 is 0. The van der Waals surface area contributed by atoms with Gasteiger partial charge in [-0.3, -0.25) is 9.59 Å². The Bertz CT molecular complexity index is 589. The Morgan fingerprint density at radius 2 is 1.38 bits per heavy atom. The predicted octanol–water partition coefficient (Wildman–Crippen LogP) is 4.12. The molecule has 2 N–H and O–H groups in total. The largest absolute Gasteiger partial charge is 0.491 e. The van der Waals surface area contributed by atoms with Gasteiger partial charge in [-0.25, -0.2) is 0 Å². The highest BCUT2D eigenvalue weighted by atomic mass is 16.5. The second-order valence-electron chi connectivity index (χ2n) is 7.05. The van der Waals surface area contributed by atoms with E-state index in [2.05, 4.69) is 0 Å². The topological polar surface area (TPSA) is 83.8 Å². The fourth-order valence-electron chi connectivity index (χ4n) is 3.04. The number of carboxylic acid groups (broad SMARTS) is 2. The van der Waals surface area contributed by atoms with Gasteiger partial charge in [0.05, 0.1) is 17.9 Å². The van der Waals surface area contributed by atoms with E-state index >= 15 is 0 Å². The van der Waals surface area contributed by atoms with Gasteiger partial charge in [0, 0.05) is 5.56 Å². The SMILES string of the molecule is CC(C)Oc1cccc(C(C(=O)O)C(C)C)c1C(C(=O)O)C(C)C. The molecule has 0 bridgehead atoms. The fraction of sp³-hybridized carbons (Fsp3) is 0.579. The van der Waals surface area contributed by atoms with E-state index in [0.717, 1.165) is 0 Å². The van der Waals surface area contributed by atoms with Gasteiger partial charge in [-0.1, -0.05) is 39.8 Å². The number of rotatable bonds is 8. The van der Waals surface area contributed by atoms with Crippen LogP contribution in [0.5, 0.6) is 5.75 Å². The predicted molar refractivity (Wildman–Crippen MR) is 92.6 cm³/mol. The zero-order chi connectivity index (χ0) is 18.6. The molecule has 1 aromatic rings. The van der Waals surface area contributed by atoms with Crippen molar-refractivity contribution in [1.29, 1.82) is 0 Å². The van der Waals surface area contributed by atoms with Crippen LogP contribution in [0.1, 0.15) is 64.5 Å². The lowest BCUT2D eigenvalue weighted by Gasteiger charge is -2.28. The summed E-state index contributed by atoms with van der Waals surface area (Å²) in [6.45, 7) is 11.0. The van der Waals surface area contributed by atoms with Crippen molar-refractivity contribution in [3.63, 3.8) is 0 Å². The number of carbonyl (C=O) groups is 2. The third kappa shape index (κ3) is 4.49. The van der Waals surface area contributed by atoms with Crippen molar-refractivity contribution in [2.24, 2.45) is 11.8 Å². The van der Waals surface area contributed by atoms with Crippen molar-refractivity contribution in [3.8, 4) is 5.75 Å². The lowest BCUT2D eigenvalue weighted by Crippen LogP contribution is -2.25. The average Bonchev–Trinajstić information content (AvgIpc) is 2.39. The molecule has 24 heavy (non-hydrogen) atoms. The van der Waals surface area contributed by atoms with Crippen LogP contribution in [0.15, 0.2) is 18.2 Å². The first-order valence-electron chi connectivity index (χ1n) is 8.32. The Balaban J connectivity index is 3.70. The molecule has 0 saturated heterocycles. The molecule has 1 aromatic carbocycles. The van der Waals surface area contributed by atoms with Crippen LogP contribution in [0, 0.1) is 11.8 Å². The van der Waals surface area contributed by atoms with Crippen LogP contribution in [-0.2, 0) is 9.59 Å². The van der Waals surface area contributed by atoms with E-state index in [9.17, 15) is 19.8 Å². The molecule has 5 nitrogen and oxygen atoms in total. The molecule has 0 aliphatic carbocycles. The van der Waals surface area contributed by atoms with Crippen molar-refractivity contribution in [2.45, 2.75) is 59.5 Å². The second-order valence-corrected chi connectivity index (χ2v) is 7.05. The van der Waals surface area contributed by atoms with E-state index in [0.29, 0.717) is 16.9 Å². The standard InChI is InChI=1S/C19H28O5/c1-10(2)15(18(20)21)13-8-7-9-14(24-12(5)6)17(13)16(11(3)4)19(22)23/h7-12,15-16H,1-6H3,(H,20,21)(H,22,23). The molecule has 2 unspecified atom stereocenters. The van der Waals surface area contributed by atoms with Gasteiger partial charge >= 0.3 is 11.9 Å². The molecule has 0 aliphatic rings. The smallest absolute Gasteiger partial charge is 0.311 e. The van der Waals surface area contributed by atoms with E-state index in [1.54, 1.807) is 18.2 Å². The van der Waals surface area contributed by atoms with Gasteiger partial charge in [0.15, 0.2) is 0 Å². The minimum absolute atomic E-state index is 0.136. The molecule has 5 heteroatoms. The number of carboxylic acids is 2. The molecule has 134 valence electrons. The maximum absolute atomic E-state index is 11.9. The minimum atomic E-state index is -0.973. The van der Waals surface area contributed by atoms with Gasteiger partial charge in [-0.05, 0) is 37.3 Å². The van der Waals surface area contributed by atoms with Crippen molar-refractivity contribution in [2.75, 3.05) is 0 Å². The van der Waals surface area contributed by atoms with Gasteiger partial charge in [-0.2, -0.15) is 0 Å². The highest BCUT2D eigenvalue weighted by Crippen LogP contribution is 2.40. The van der Waals surface area contributed by atoms with Gasteiger partial charge in [0.25, 0.3) is 0 Å². The Kier molecular flexibility index (Phi) is 6.81. The third-order valence-corrected chi connectivity index (χ3v) is 3.97. The molecule has 0 saturated carbocycles. The van der Waals surface area contributed by atoms with Crippen LogP contribution < -0.4 is 4.74 Å². The first-order valence-corrected chi connectivity index (χ1v) is 8.32. The van der Waals surface area contributed by atoms with E-state index in [4.69, 9.17) is 4.74 Å². The second kappa shape index (κ2) is 8.18. The molecule has 0 heterocycles. The molecule has 0 aliphatic heterocycles. The molecule has 0 fully saturated rings. The monoisotopic (exact) mass is 336 g/mol. The highest BCUT2D eigenvalue weighted by Gasteiger charge is 2.35. The average molecular weight is 336 g/mol. The first-order chi connectivity index (χ1) is 11.1. The highest BCUT2D eigenvalue weighted by molar-refractivity contribution is 5.82. The molecular formula is C19H28O5. The van der Waals surface area contributed by atoms with E-state index in [1.807, 2.05) is 41.5 Å². The summed E-state index contributed by atoms with van der Waals surface area (Å²) in [7, 11) is 0. The summed E-state index contributed by atoms with van der Waals surface area (Å²) in [5, 5.41) is 19.4. The van der Waals surface area contributed by atoms with Crippen molar-refractivity contribution >= 4 is 11.9 Å². The summed E-state index contributed by atoms with van der Waals surface area (Å²) in [6, 6.07) is 5.16. The van der Waals surface area contributed by atoms with Gasteiger partial charge in [0.1, 0.15) is 5.75 Å². The van der Waals surface area contributed by atoms with E-state index in [1.165, 1.54) is 0 Å². The van der Waals surface area contributed by atoms with Crippen molar-refractivity contribution in [3.05, 3.63) is 29.3 Å². The summed E-state index contributed by atoms with van der Waals surface area (Å²) in [5.74, 6) is -3.45. The molecule has 0 spiro atoms. The molecular weight excluding hydrogens is 308 g/mol. The summed E-state index contributed by atoms with van der Waals surface area (Å²) < 4.78 is 5.82. The third-order valence-electron chi connectivity index (χ3n) is 3.97. The lowest BCUT2D eigenvalue weighted by molar-refractivity contribution is -0.141. The van der Waals surface area contributed by atoms with E-state index in [-0.39, 0.29) is 17.9 Å². The molecule has 0 aromatic heterocycles. The van der Waals surface area contributed by atoms with Gasteiger partial charge < -0.3 is 14.9 Å². The van der Waals surface area contributed by atoms with Crippen LogP contribution in [-0.4, -0.2) is 28.3 Å². The Labute approximate surface area is 143 Å². The Morgan fingerprint density at radius 3 is 1.75 bits per heavy atom. The Morgan fingerprint density at radius 1 is 0.875 bits per heavy atom. The lowest BCUT2D eigenvalue weighted by atomic mass is 9.78. The molecule has 2 atom stereocenters. The van der Waals surface area contributed by atoms with Crippen LogP contribution in [0.4, 0.5) is 0 Å². The van der Waals surface area contributed by atoms with Gasteiger partial charge in [-0.15, -0.1) is 0 Å². The number of hydrogen-bond acceptors (Lipinski definition) is 3. The van der Waals surface area contributed by atoms with Gasteiger partial charge in [0.2, 0.25) is 0 Å². The van der Waals surface area contributed by atoms with Crippen LogP contribution in [0.2, 0.25) is 0 Å². The maximum Gasteiger partial charge on any atom is 0.311 e. The fourth-order valence-corrected chi connectivity index (χ4v) is 3.04. The summed E-state index contributed by atoms with van der Waals surface area (Å²) in [6.07, 6.45) is -0.136. The summed E-state index contributed by atoms with van der Waals surface area (Å²) in [5.41, 5.74) is 1.01. The van der Waals surface area contributed by atoms with Crippen LogP contribution >= 0.6 is 0 Å². The number of aliphatic carboxylic acids is 2. The molecule has 1 rings (SSSR count). The Hall–Kier alpha value is -2.04. The normalized spacial score (nSPS) is 14.0. The molecule has 0 radical (unpaired) electrons. The molecule has 0 amide bonds. The zero-order valence-corrected chi connectivity index (χ0v) is 15.2. The number of benzene rings is 1. The number of ether oxygens (including phenoxy) is 1. The number of hydrogen-bond donors (Lipinski definition) is 2. The summed E-state index contributed by atoms with van der Waals surface area (Å²) in [4.78, 5) is 23.7. The van der Waals surface area contributed by atoms with Crippen LogP contribution in [0.3, 0.4) is 0 Å². The first kappa shape index (κ1) is 20.0. The van der Waals surface area contributed by atoms with Crippen LogP contribution in [0.25, 0.3) is 0 Å². The maximum atomic E-state index is 11.9. The minimum Gasteiger partial charge on any atom is -0.491 e. The van der Waals surface area contributed by atoms with Crippen molar-refractivity contribution in [1.82, 2.24) is 0 Å². The van der Waals surface area contributed by atoms with E-state index < -0.39 is 23.8 Å². The van der Waals surface area contributed by atoms with Crippen molar-refractivity contribution < 1.29 is 24.5 Å². The quantitative estimate of drug-likeness (QED) is 0.746. The zero-order valence-electron chi connectivity index (χ0n) is 15.2.